The highest BCUT2D eigenvalue weighted by Crippen LogP contribution is 2.43. The number of allylic oxidation sites excluding steroid dienone is 8. The Bertz CT molecular complexity index is 1250. The van der Waals surface area contributed by atoms with Crippen molar-refractivity contribution in [1.82, 2.24) is 0 Å². The molecule has 9 nitrogen and oxygen atoms in total. The fourth-order valence-corrected chi connectivity index (χ4v) is 9.04. The van der Waals surface area contributed by atoms with Crippen molar-refractivity contribution in [1.29, 1.82) is 0 Å². The Labute approximate surface area is 419 Å². The molecule has 0 spiro atoms. The molecule has 398 valence electrons. The number of carbonyl (C=O) groups excluding carboxylic acids is 2. The number of esters is 2. The Balaban J connectivity index is 3.67. The molecule has 0 radical (unpaired) electrons. The molecule has 0 heterocycles. The number of nitrogens with two attached hydrogens (primary N) is 1. The second kappa shape index (κ2) is 54.3. The molecule has 10 heteroatoms. The van der Waals surface area contributed by atoms with E-state index in [0.29, 0.717) is 6.42 Å². The van der Waals surface area contributed by atoms with E-state index < -0.39 is 26.5 Å². The van der Waals surface area contributed by atoms with Crippen LogP contribution in [0.3, 0.4) is 0 Å². The largest absolute Gasteiger partial charge is 0.472 e. The number of hydrogen-bond acceptors (Lipinski definition) is 8. The summed E-state index contributed by atoms with van der Waals surface area (Å²) < 4.78 is 32.8. The molecule has 0 saturated carbocycles. The van der Waals surface area contributed by atoms with Gasteiger partial charge in [0.25, 0.3) is 0 Å². The minimum absolute atomic E-state index is 0.0558. The molecule has 3 N–H and O–H groups in total. The molecule has 0 aromatic heterocycles. The highest BCUT2D eigenvalue weighted by atomic mass is 31.2. The van der Waals surface area contributed by atoms with Crippen LogP contribution in [-0.2, 0) is 32.7 Å². The number of phosphoric acid groups is 1. The van der Waals surface area contributed by atoms with E-state index in [2.05, 4.69) is 62.5 Å². The molecular weight excluding hydrogens is 870 g/mol. The molecule has 0 rings (SSSR count). The van der Waals surface area contributed by atoms with Gasteiger partial charge in [-0.05, 0) is 51.4 Å². The number of carbonyl (C=O) groups is 2. The summed E-state index contributed by atoms with van der Waals surface area (Å²) >= 11 is 0. The molecule has 68 heavy (non-hydrogen) atoms. The van der Waals surface area contributed by atoms with Gasteiger partial charge in [-0.3, -0.25) is 18.6 Å². The molecule has 0 aromatic carbocycles. The van der Waals surface area contributed by atoms with E-state index in [1.165, 1.54) is 186 Å². The van der Waals surface area contributed by atoms with Crippen molar-refractivity contribution >= 4 is 19.8 Å². The van der Waals surface area contributed by atoms with Crippen LogP contribution in [0, 0.1) is 0 Å². The van der Waals surface area contributed by atoms with E-state index in [1.807, 2.05) is 0 Å². The van der Waals surface area contributed by atoms with Gasteiger partial charge in [0.05, 0.1) is 13.2 Å². The maximum atomic E-state index is 12.6. The van der Waals surface area contributed by atoms with Crippen LogP contribution in [0.5, 0.6) is 0 Å². The van der Waals surface area contributed by atoms with E-state index in [-0.39, 0.29) is 38.6 Å². The Hall–Kier alpha value is -2.03. The predicted octanol–water partition coefficient (Wildman–Crippen LogP) is 17.8. The van der Waals surface area contributed by atoms with E-state index in [0.717, 1.165) is 57.8 Å². The summed E-state index contributed by atoms with van der Waals surface area (Å²) in [5, 5.41) is 0. The highest BCUT2D eigenvalue weighted by Gasteiger charge is 2.26. The maximum absolute atomic E-state index is 12.6. The van der Waals surface area contributed by atoms with Crippen LogP contribution in [0.4, 0.5) is 0 Å². The first-order valence-electron chi connectivity index (χ1n) is 28.6. The van der Waals surface area contributed by atoms with E-state index in [1.54, 1.807) is 0 Å². The van der Waals surface area contributed by atoms with Crippen molar-refractivity contribution in [2.75, 3.05) is 26.4 Å². The van der Waals surface area contributed by atoms with Crippen LogP contribution >= 0.6 is 7.82 Å². The lowest BCUT2D eigenvalue weighted by Gasteiger charge is -2.19. The molecule has 0 saturated heterocycles. The third-order valence-electron chi connectivity index (χ3n) is 12.5. The molecule has 0 aliphatic carbocycles. The van der Waals surface area contributed by atoms with Crippen molar-refractivity contribution in [3.8, 4) is 0 Å². The zero-order chi connectivity index (χ0) is 49.5. The summed E-state index contributed by atoms with van der Waals surface area (Å²) in [7, 11) is -4.37. The summed E-state index contributed by atoms with van der Waals surface area (Å²) in [6.45, 7) is 3.62. The van der Waals surface area contributed by atoms with E-state index >= 15 is 0 Å². The molecule has 0 aliphatic heterocycles. The second-order valence-corrected chi connectivity index (χ2v) is 20.6. The SMILES string of the molecule is CC/C=C\C/C=C\C/C=C\C/C=C\CCCCCCCCCCCCCCCCCCCCCCCCCCCCC(=O)OC(COC(=O)CCCCCCCCCC)COP(=O)(O)OCCN. The number of ether oxygens (including phenoxy) is 2. The van der Waals surface area contributed by atoms with Crippen molar-refractivity contribution in [2.45, 2.75) is 283 Å². The van der Waals surface area contributed by atoms with Crippen molar-refractivity contribution < 1.29 is 37.6 Å². The van der Waals surface area contributed by atoms with Crippen LogP contribution in [0.1, 0.15) is 277 Å². The molecule has 0 fully saturated rings. The molecule has 2 atom stereocenters. The van der Waals surface area contributed by atoms with Gasteiger partial charge < -0.3 is 20.1 Å². The van der Waals surface area contributed by atoms with Gasteiger partial charge in [0.2, 0.25) is 0 Å². The zero-order valence-corrected chi connectivity index (χ0v) is 45.2. The average Bonchev–Trinajstić information content (AvgIpc) is 3.33. The monoisotopic (exact) mass is 978 g/mol. The van der Waals surface area contributed by atoms with Crippen LogP contribution in [0.2, 0.25) is 0 Å². The minimum atomic E-state index is -4.37. The lowest BCUT2D eigenvalue weighted by atomic mass is 10.0. The lowest BCUT2D eigenvalue weighted by Crippen LogP contribution is -2.29. The smallest absolute Gasteiger partial charge is 0.462 e. The summed E-state index contributed by atoms with van der Waals surface area (Å²) in [6.07, 6.45) is 66.5. The van der Waals surface area contributed by atoms with Gasteiger partial charge in [0, 0.05) is 19.4 Å². The van der Waals surface area contributed by atoms with Gasteiger partial charge in [0.1, 0.15) is 6.61 Å². The first-order valence-corrected chi connectivity index (χ1v) is 30.1. The normalized spacial score (nSPS) is 13.4. The third-order valence-corrected chi connectivity index (χ3v) is 13.5. The number of phosphoric ester groups is 1. The standard InChI is InChI=1S/C58H108NO8P/c1-3-5-7-9-11-13-14-15-16-17-18-19-20-21-22-23-24-25-26-27-28-29-30-31-32-33-34-35-36-37-38-39-40-41-42-43-45-47-49-51-58(61)67-56(55-66-68(62,63)65-53-52-59)54-64-57(60)50-48-46-44-12-10-8-6-4-2/h5,7,11,13,15-16,18-19,56H,3-4,6,8-10,12,14,17,20-55,59H2,1-2H3,(H,62,63)/b7-5-,13-11-,16-15-,19-18-. The first kappa shape index (κ1) is 66.0. The Morgan fingerprint density at radius 1 is 0.456 bits per heavy atom. The van der Waals surface area contributed by atoms with Gasteiger partial charge >= 0.3 is 19.8 Å². The van der Waals surface area contributed by atoms with Gasteiger partial charge in [-0.1, -0.05) is 262 Å². The third kappa shape index (κ3) is 53.3. The summed E-state index contributed by atoms with van der Waals surface area (Å²) in [6, 6.07) is 0. The fraction of sp³-hybridized carbons (Fsp3) is 0.828. The number of hydrogen-bond donors (Lipinski definition) is 2. The van der Waals surface area contributed by atoms with Gasteiger partial charge in [-0.15, -0.1) is 0 Å². The Morgan fingerprint density at radius 2 is 0.809 bits per heavy atom. The summed E-state index contributed by atoms with van der Waals surface area (Å²) in [5.41, 5.74) is 5.36. The number of rotatable bonds is 54. The van der Waals surface area contributed by atoms with Crippen molar-refractivity contribution in [3.05, 3.63) is 48.6 Å². The maximum Gasteiger partial charge on any atom is 0.472 e. The van der Waals surface area contributed by atoms with Crippen molar-refractivity contribution in [3.63, 3.8) is 0 Å². The van der Waals surface area contributed by atoms with E-state index in [9.17, 15) is 19.0 Å². The second-order valence-electron chi connectivity index (χ2n) is 19.1. The topological polar surface area (TPSA) is 134 Å². The minimum Gasteiger partial charge on any atom is -0.462 e. The van der Waals surface area contributed by atoms with Crippen molar-refractivity contribution in [2.24, 2.45) is 5.73 Å². The zero-order valence-electron chi connectivity index (χ0n) is 44.3. The first-order chi connectivity index (χ1) is 33.3. The Morgan fingerprint density at radius 3 is 1.21 bits per heavy atom. The van der Waals surface area contributed by atoms with Crippen LogP contribution in [0.25, 0.3) is 0 Å². The van der Waals surface area contributed by atoms with Crippen LogP contribution in [-0.4, -0.2) is 49.3 Å². The molecule has 0 amide bonds. The predicted molar refractivity (Wildman–Crippen MR) is 289 cm³/mol. The van der Waals surface area contributed by atoms with Gasteiger partial charge in [-0.25, -0.2) is 4.57 Å². The van der Waals surface area contributed by atoms with Crippen LogP contribution in [0.15, 0.2) is 48.6 Å². The molecular formula is C58H108NO8P. The molecule has 2 unspecified atom stereocenters. The van der Waals surface area contributed by atoms with Crippen LogP contribution < -0.4 is 5.73 Å². The fourth-order valence-electron chi connectivity index (χ4n) is 8.28. The quantitative estimate of drug-likeness (QED) is 0.0264. The average molecular weight is 978 g/mol. The highest BCUT2D eigenvalue weighted by molar-refractivity contribution is 7.47. The van der Waals surface area contributed by atoms with Gasteiger partial charge in [-0.2, -0.15) is 0 Å². The van der Waals surface area contributed by atoms with Gasteiger partial charge in [0.15, 0.2) is 6.10 Å². The Kier molecular flexibility index (Phi) is 52.7. The summed E-state index contributed by atoms with van der Waals surface area (Å²) in [4.78, 5) is 34.9. The number of unbranched alkanes of at least 4 members (excludes halogenated alkanes) is 33. The molecule has 0 aliphatic rings. The van der Waals surface area contributed by atoms with E-state index in [4.69, 9.17) is 24.3 Å². The molecule has 0 bridgehead atoms. The lowest BCUT2D eigenvalue weighted by molar-refractivity contribution is -0.161. The molecule has 0 aromatic rings. The summed E-state index contributed by atoms with van der Waals surface area (Å²) in [5.74, 6) is -0.820.